The van der Waals surface area contributed by atoms with Crippen LogP contribution in [0.25, 0.3) is 6.08 Å². The van der Waals surface area contributed by atoms with Crippen LogP contribution in [-0.4, -0.2) is 24.3 Å². The first-order valence-electron chi connectivity index (χ1n) is 11.4. The molecule has 0 saturated carbocycles. The van der Waals surface area contributed by atoms with Gasteiger partial charge in [0.15, 0.2) is 4.80 Å². The lowest BCUT2D eigenvalue weighted by molar-refractivity contribution is -0.136. The van der Waals surface area contributed by atoms with Crippen LogP contribution in [0.2, 0.25) is 0 Å². The van der Waals surface area contributed by atoms with Crippen molar-refractivity contribution < 1.29 is 14.3 Å². The molecular weight excluding hydrogens is 460 g/mol. The molecule has 1 aromatic heterocycles. The topological polar surface area (TPSA) is 69.9 Å². The number of ether oxygens (including phenoxy) is 2. The summed E-state index contributed by atoms with van der Waals surface area (Å²) in [5.74, 6) is 0.527. The van der Waals surface area contributed by atoms with E-state index in [0.29, 0.717) is 38.9 Å². The van der Waals surface area contributed by atoms with E-state index in [-0.39, 0.29) is 5.56 Å². The SMILES string of the molecule is C=CCOc1ccccc1C=c1sc2n(c1=O)C(c1ccc(C(C)C)cc1)C(C(=O)OC)=C(C)N=2. The molecule has 0 aliphatic carbocycles. The van der Waals surface area contributed by atoms with E-state index in [1.165, 1.54) is 24.0 Å². The normalized spacial score (nSPS) is 15.6. The van der Waals surface area contributed by atoms with E-state index in [4.69, 9.17) is 9.47 Å². The zero-order chi connectivity index (χ0) is 25.1. The van der Waals surface area contributed by atoms with Crippen LogP contribution in [0.5, 0.6) is 5.75 Å². The molecule has 0 fully saturated rings. The summed E-state index contributed by atoms with van der Waals surface area (Å²) in [4.78, 5) is 31.7. The zero-order valence-electron chi connectivity index (χ0n) is 20.3. The number of thiazole rings is 1. The quantitative estimate of drug-likeness (QED) is 0.371. The first kappa shape index (κ1) is 24.4. The first-order valence-corrected chi connectivity index (χ1v) is 12.2. The van der Waals surface area contributed by atoms with Crippen molar-refractivity contribution in [1.29, 1.82) is 0 Å². The highest BCUT2D eigenvalue weighted by Crippen LogP contribution is 2.31. The highest BCUT2D eigenvalue weighted by molar-refractivity contribution is 7.07. The second-order valence-corrected chi connectivity index (χ2v) is 9.54. The molecule has 0 saturated heterocycles. The standard InChI is InChI=1S/C28H28N2O4S/c1-6-15-34-22-10-8-7-9-21(22)16-23-26(31)30-25(20-13-11-19(12-14-20)17(2)3)24(27(32)33-5)18(4)29-28(30)35-23/h6-14,16-17,25H,1,15H2,2-5H3. The summed E-state index contributed by atoms with van der Waals surface area (Å²) in [5, 5.41) is 0. The van der Waals surface area contributed by atoms with Gasteiger partial charge in [-0.2, -0.15) is 0 Å². The van der Waals surface area contributed by atoms with Crippen LogP contribution >= 0.6 is 11.3 Å². The molecule has 35 heavy (non-hydrogen) atoms. The second-order valence-electron chi connectivity index (χ2n) is 8.53. The molecule has 0 bridgehead atoms. The van der Waals surface area contributed by atoms with Gasteiger partial charge in [0.05, 0.1) is 29.0 Å². The summed E-state index contributed by atoms with van der Waals surface area (Å²) in [5.41, 5.74) is 3.46. The fourth-order valence-electron chi connectivity index (χ4n) is 4.09. The lowest BCUT2D eigenvalue weighted by atomic mass is 9.93. The summed E-state index contributed by atoms with van der Waals surface area (Å²) in [6.07, 6.45) is 3.48. The number of carbonyl (C=O) groups excluding carboxylic acids is 1. The molecule has 0 spiro atoms. The van der Waals surface area contributed by atoms with E-state index < -0.39 is 12.0 Å². The molecule has 180 valence electrons. The van der Waals surface area contributed by atoms with Gasteiger partial charge in [0.25, 0.3) is 5.56 Å². The number of benzene rings is 2. The molecule has 6 nitrogen and oxygen atoms in total. The minimum atomic E-state index is -0.630. The molecule has 1 aliphatic heterocycles. The van der Waals surface area contributed by atoms with Crippen LogP contribution in [0, 0.1) is 0 Å². The largest absolute Gasteiger partial charge is 0.489 e. The summed E-state index contributed by atoms with van der Waals surface area (Å²) in [6, 6.07) is 14.9. The third-order valence-electron chi connectivity index (χ3n) is 5.91. The van der Waals surface area contributed by atoms with E-state index >= 15 is 0 Å². The van der Waals surface area contributed by atoms with Crippen LogP contribution < -0.4 is 19.6 Å². The zero-order valence-corrected chi connectivity index (χ0v) is 21.1. The Morgan fingerprint density at radius 2 is 1.91 bits per heavy atom. The van der Waals surface area contributed by atoms with Crippen LogP contribution in [0.3, 0.4) is 0 Å². The van der Waals surface area contributed by atoms with Crippen molar-refractivity contribution in [2.75, 3.05) is 13.7 Å². The van der Waals surface area contributed by atoms with Crippen molar-refractivity contribution in [3.63, 3.8) is 0 Å². The number of rotatable bonds is 7. The van der Waals surface area contributed by atoms with Crippen molar-refractivity contribution in [3.05, 3.63) is 109 Å². The minimum Gasteiger partial charge on any atom is -0.489 e. The molecule has 1 atom stereocenters. The van der Waals surface area contributed by atoms with Gasteiger partial charge in [-0.25, -0.2) is 9.79 Å². The van der Waals surface area contributed by atoms with Crippen molar-refractivity contribution in [2.24, 2.45) is 4.99 Å². The van der Waals surface area contributed by atoms with Crippen molar-refractivity contribution >= 4 is 23.4 Å². The van der Waals surface area contributed by atoms with Gasteiger partial charge in [-0.05, 0) is 36.1 Å². The number of para-hydroxylation sites is 1. The van der Waals surface area contributed by atoms with Gasteiger partial charge in [0.2, 0.25) is 0 Å². The number of carbonyl (C=O) groups is 1. The number of esters is 1. The van der Waals surface area contributed by atoms with Crippen LogP contribution in [0.15, 0.2) is 82.2 Å². The van der Waals surface area contributed by atoms with Crippen molar-refractivity contribution in [1.82, 2.24) is 4.57 Å². The number of nitrogens with zero attached hydrogens (tertiary/aromatic N) is 2. The molecular formula is C28H28N2O4S. The number of fused-ring (bicyclic) bond motifs is 1. The smallest absolute Gasteiger partial charge is 0.338 e. The Bertz CT molecular complexity index is 1480. The molecule has 4 rings (SSSR count). The Kier molecular flexibility index (Phi) is 7.17. The molecule has 3 aromatic rings. The average Bonchev–Trinajstić information content (AvgIpc) is 3.16. The van der Waals surface area contributed by atoms with E-state index in [1.54, 1.807) is 23.6 Å². The van der Waals surface area contributed by atoms with E-state index in [1.807, 2.05) is 48.5 Å². The number of aromatic nitrogens is 1. The average molecular weight is 489 g/mol. The third-order valence-corrected chi connectivity index (χ3v) is 6.89. The van der Waals surface area contributed by atoms with Gasteiger partial charge < -0.3 is 9.47 Å². The molecule has 0 radical (unpaired) electrons. The van der Waals surface area contributed by atoms with Gasteiger partial charge in [0.1, 0.15) is 12.4 Å². The van der Waals surface area contributed by atoms with Gasteiger partial charge in [-0.1, -0.05) is 80.3 Å². The van der Waals surface area contributed by atoms with Crippen molar-refractivity contribution in [3.8, 4) is 5.75 Å². The molecule has 2 aromatic carbocycles. The maximum Gasteiger partial charge on any atom is 0.338 e. The Hall–Kier alpha value is -3.71. The van der Waals surface area contributed by atoms with Crippen LogP contribution in [0.1, 0.15) is 49.4 Å². The number of hydrogen-bond donors (Lipinski definition) is 0. The maximum atomic E-state index is 13.7. The Morgan fingerprint density at radius 3 is 2.57 bits per heavy atom. The Morgan fingerprint density at radius 1 is 1.20 bits per heavy atom. The van der Waals surface area contributed by atoms with Gasteiger partial charge in [-0.3, -0.25) is 9.36 Å². The summed E-state index contributed by atoms with van der Waals surface area (Å²) in [6.45, 7) is 10.1. The molecule has 7 heteroatoms. The van der Waals surface area contributed by atoms with Gasteiger partial charge in [0, 0.05) is 5.56 Å². The monoisotopic (exact) mass is 488 g/mol. The van der Waals surface area contributed by atoms with E-state index in [0.717, 1.165) is 11.1 Å². The molecule has 1 aliphatic rings. The summed E-state index contributed by atoms with van der Waals surface area (Å²) < 4.78 is 12.9. The summed E-state index contributed by atoms with van der Waals surface area (Å²) in [7, 11) is 1.34. The van der Waals surface area contributed by atoms with Crippen molar-refractivity contribution in [2.45, 2.75) is 32.7 Å². The molecule has 2 heterocycles. The predicted octanol–water partition coefficient (Wildman–Crippen LogP) is 4.10. The van der Waals surface area contributed by atoms with Gasteiger partial charge >= 0.3 is 5.97 Å². The molecule has 0 N–H and O–H groups in total. The first-order chi connectivity index (χ1) is 16.8. The lowest BCUT2D eigenvalue weighted by Crippen LogP contribution is -2.39. The number of hydrogen-bond acceptors (Lipinski definition) is 6. The van der Waals surface area contributed by atoms with E-state index in [2.05, 4.69) is 25.4 Å². The predicted molar refractivity (Wildman–Crippen MR) is 138 cm³/mol. The van der Waals surface area contributed by atoms with Gasteiger partial charge in [-0.15, -0.1) is 0 Å². The van der Waals surface area contributed by atoms with E-state index in [9.17, 15) is 9.59 Å². The van der Waals surface area contributed by atoms with Crippen LogP contribution in [-0.2, 0) is 9.53 Å². The summed E-state index contributed by atoms with van der Waals surface area (Å²) >= 11 is 1.29. The lowest BCUT2D eigenvalue weighted by Gasteiger charge is -2.24. The Balaban J connectivity index is 1.92. The number of methoxy groups -OCH3 is 1. The Labute approximate surface area is 208 Å². The maximum absolute atomic E-state index is 13.7. The molecule has 0 amide bonds. The fourth-order valence-corrected chi connectivity index (χ4v) is 5.13. The number of allylic oxidation sites excluding steroid dienone is 1. The fraction of sp³-hybridized carbons (Fsp3) is 0.250. The second kappa shape index (κ2) is 10.3. The minimum absolute atomic E-state index is 0.223. The molecule has 1 unspecified atom stereocenters. The third kappa shape index (κ3) is 4.77. The highest BCUT2D eigenvalue weighted by atomic mass is 32.1. The highest BCUT2D eigenvalue weighted by Gasteiger charge is 2.33. The van der Waals surface area contributed by atoms with Crippen LogP contribution in [0.4, 0.5) is 0 Å².